The van der Waals surface area contributed by atoms with Gasteiger partial charge in [-0.05, 0) is 48.6 Å². The van der Waals surface area contributed by atoms with E-state index in [1.165, 1.54) is 0 Å². The van der Waals surface area contributed by atoms with Crippen molar-refractivity contribution in [3.8, 4) is 16.9 Å². The minimum atomic E-state index is -0.268. The molecule has 0 saturated carbocycles. The number of benzene rings is 1. The van der Waals surface area contributed by atoms with Gasteiger partial charge in [-0.2, -0.15) is 5.10 Å². The van der Waals surface area contributed by atoms with Crippen molar-refractivity contribution in [2.75, 3.05) is 12.4 Å². The van der Waals surface area contributed by atoms with Crippen LogP contribution in [0.2, 0.25) is 0 Å². The van der Waals surface area contributed by atoms with Crippen LogP contribution in [0.4, 0.5) is 5.82 Å². The fourth-order valence-corrected chi connectivity index (χ4v) is 4.63. The van der Waals surface area contributed by atoms with Gasteiger partial charge in [-0.25, -0.2) is 4.68 Å². The second-order valence-corrected chi connectivity index (χ2v) is 8.12. The van der Waals surface area contributed by atoms with Gasteiger partial charge in [0, 0.05) is 35.6 Å². The summed E-state index contributed by atoms with van der Waals surface area (Å²) in [7, 11) is 1.66. The summed E-state index contributed by atoms with van der Waals surface area (Å²) in [6.45, 7) is 4.14. The molecule has 0 amide bonds. The number of Topliss-reactive ketones (excluding diaryl/α,β-unsaturated/α-hetero) is 1. The lowest BCUT2D eigenvalue weighted by Gasteiger charge is -2.35. The molecular formula is C24H24N4O2. The SMILES string of the molecule is COc1ccc(-c2c(C)nn3c2NC2=C(C(=O)C[C@@H](C)C2)[C@H]3c2cccnc2)cc1. The number of aryl methyl sites for hydroxylation is 1. The number of hydrogen-bond acceptors (Lipinski definition) is 5. The molecular weight excluding hydrogens is 376 g/mol. The van der Waals surface area contributed by atoms with Crippen LogP contribution in [0.25, 0.3) is 11.1 Å². The molecule has 5 rings (SSSR count). The van der Waals surface area contributed by atoms with Crippen molar-refractivity contribution in [3.63, 3.8) is 0 Å². The standard InChI is InChI=1S/C24H24N4O2/c1-14-11-19-22(20(29)12-14)23(17-5-4-10-25-13-17)28-24(26-19)21(15(2)27-28)16-6-8-18(30-3)9-7-16/h4-10,13-14,23,26H,11-12H2,1-3H3/t14-,23+/m0/s1. The van der Waals surface area contributed by atoms with Gasteiger partial charge in [0.15, 0.2) is 5.78 Å². The van der Waals surface area contributed by atoms with Crippen LogP contribution in [-0.2, 0) is 4.79 Å². The highest BCUT2D eigenvalue weighted by atomic mass is 16.5. The van der Waals surface area contributed by atoms with Gasteiger partial charge in [-0.1, -0.05) is 25.1 Å². The third-order valence-electron chi connectivity index (χ3n) is 5.96. The highest BCUT2D eigenvalue weighted by Crippen LogP contribution is 2.45. The molecule has 0 bridgehead atoms. The third-order valence-corrected chi connectivity index (χ3v) is 5.96. The Morgan fingerprint density at radius 2 is 1.97 bits per heavy atom. The molecule has 6 heteroatoms. The Hall–Kier alpha value is -3.41. The summed E-state index contributed by atoms with van der Waals surface area (Å²) in [6, 6.07) is 11.7. The van der Waals surface area contributed by atoms with Gasteiger partial charge in [-0.3, -0.25) is 9.78 Å². The molecule has 152 valence electrons. The average molecular weight is 400 g/mol. The molecule has 1 aromatic carbocycles. The van der Waals surface area contributed by atoms with Gasteiger partial charge in [-0.15, -0.1) is 0 Å². The van der Waals surface area contributed by atoms with Crippen molar-refractivity contribution in [3.05, 3.63) is 71.3 Å². The number of anilines is 1. The fourth-order valence-electron chi connectivity index (χ4n) is 4.63. The Morgan fingerprint density at radius 3 is 2.67 bits per heavy atom. The highest BCUT2D eigenvalue weighted by Gasteiger charge is 2.39. The Balaban J connectivity index is 1.71. The average Bonchev–Trinajstić information content (AvgIpc) is 3.08. The summed E-state index contributed by atoms with van der Waals surface area (Å²) < 4.78 is 7.27. The molecule has 6 nitrogen and oxygen atoms in total. The number of nitrogens with zero attached hydrogens (tertiary/aromatic N) is 3. The molecule has 0 fully saturated rings. The van der Waals surface area contributed by atoms with Gasteiger partial charge in [0.1, 0.15) is 17.6 Å². The van der Waals surface area contributed by atoms with E-state index in [2.05, 4.69) is 17.2 Å². The summed E-state index contributed by atoms with van der Waals surface area (Å²) >= 11 is 0. The Labute approximate surface area is 175 Å². The Bertz CT molecular complexity index is 1150. The first kappa shape index (κ1) is 18.6. The van der Waals surface area contributed by atoms with E-state index in [0.29, 0.717) is 12.3 Å². The number of methoxy groups -OCH3 is 1. The summed E-state index contributed by atoms with van der Waals surface area (Å²) in [5.74, 6) is 2.25. The van der Waals surface area contributed by atoms with Crippen molar-refractivity contribution >= 4 is 11.6 Å². The number of ketones is 1. The van der Waals surface area contributed by atoms with E-state index in [-0.39, 0.29) is 11.8 Å². The van der Waals surface area contributed by atoms with Crippen molar-refractivity contribution in [1.82, 2.24) is 14.8 Å². The van der Waals surface area contributed by atoms with Crippen LogP contribution in [0.15, 0.2) is 60.1 Å². The Morgan fingerprint density at radius 1 is 1.17 bits per heavy atom. The highest BCUT2D eigenvalue weighted by molar-refractivity contribution is 6.00. The monoisotopic (exact) mass is 400 g/mol. The van der Waals surface area contributed by atoms with Gasteiger partial charge >= 0.3 is 0 Å². The fraction of sp³-hybridized carbons (Fsp3) is 0.292. The van der Waals surface area contributed by atoms with E-state index < -0.39 is 0 Å². The maximum absolute atomic E-state index is 13.1. The first-order chi connectivity index (χ1) is 14.6. The molecule has 0 radical (unpaired) electrons. The van der Waals surface area contributed by atoms with Gasteiger partial charge < -0.3 is 10.1 Å². The number of hydrogen-bond donors (Lipinski definition) is 1. The number of fused-ring (bicyclic) bond motifs is 1. The lowest BCUT2D eigenvalue weighted by Crippen LogP contribution is -2.33. The van der Waals surface area contributed by atoms with Crippen LogP contribution in [0, 0.1) is 12.8 Å². The van der Waals surface area contributed by atoms with Crippen LogP contribution in [0.1, 0.15) is 37.1 Å². The van der Waals surface area contributed by atoms with E-state index in [4.69, 9.17) is 9.84 Å². The molecule has 1 aliphatic carbocycles. The molecule has 0 unspecified atom stereocenters. The van der Waals surface area contributed by atoms with Crippen LogP contribution < -0.4 is 10.1 Å². The second-order valence-electron chi connectivity index (χ2n) is 8.12. The van der Waals surface area contributed by atoms with Gasteiger partial charge in [0.05, 0.1) is 12.8 Å². The number of carbonyl (C=O) groups is 1. The maximum Gasteiger partial charge on any atom is 0.163 e. The predicted octanol–water partition coefficient (Wildman–Crippen LogP) is 4.53. The molecule has 2 atom stereocenters. The van der Waals surface area contributed by atoms with Crippen LogP contribution in [0.5, 0.6) is 5.75 Å². The van der Waals surface area contributed by atoms with Crippen LogP contribution >= 0.6 is 0 Å². The molecule has 1 N–H and O–H groups in total. The predicted molar refractivity (Wildman–Crippen MR) is 115 cm³/mol. The zero-order valence-corrected chi connectivity index (χ0v) is 17.3. The number of nitrogens with one attached hydrogen (secondary N) is 1. The maximum atomic E-state index is 13.1. The largest absolute Gasteiger partial charge is 0.497 e. The summed E-state index contributed by atoms with van der Waals surface area (Å²) in [5, 5.41) is 8.46. The molecule has 30 heavy (non-hydrogen) atoms. The third kappa shape index (κ3) is 2.91. The Kier molecular flexibility index (Phi) is 4.42. The van der Waals surface area contributed by atoms with Crippen LogP contribution in [-0.4, -0.2) is 27.7 Å². The molecule has 2 aromatic heterocycles. The molecule has 3 heterocycles. The first-order valence-electron chi connectivity index (χ1n) is 10.2. The summed E-state index contributed by atoms with van der Waals surface area (Å²) in [6.07, 6.45) is 5.00. The minimum Gasteiger partial charge on any atom is -0.497 e. The zero-order chi connectivity index (χ0) is 20.8. The smallest absolute Gasteiger partial charge is 0.163 e. The van der Waals surface area contributed by atoms with Crippen molar-refractivity contribution < 1.29 is 9.53 Å². The molecule has 3 aromatic rings. The van der Waals surface area contributed by atoms with Gasteiger partial charge in [0.2, 0.25) is 0 Å². The first-order valence-corrected chi connectivity index (χ1v) is 10.2. The van der Waals surface area contributed by atoms with Crippen molar-refractivity contribution in [2.45, 2.75) is 32.7 Å². The zero-order valence-electron chi connectivity index (χ0n) is 17.3. The molecule has 2 aliphatic rings. The lowest BCUT2D eigenvalue weighted by atomic mass is 9.81. The number of rotatable bonds is 3. The van der Waals surface area contributed by atoms with E-state index in [1.54, 1.807) is 13.3 Å². The quantitative estimate of drug-likeness (QED) is 0.700. The van der Waals surface area contributed by atoms with Crippen LogP contribution in [0.3, 0.4) is 0 Å². The van der Waals surface area contributed by atoms with E-state index in [1.807, 2.05) is 54.2 Å². The number of pyridine rings is 1. The molecule has 0 saturated heterocycles. The summed E-state index contributed by atoms with van der Waals surface area (Å²) in [5.41, 5.74) is 5.82. The van der Waals surface area contributed by atoms with Gasteiger partial charge in [0.25, 0.3) is 0 Å². The number of allylic oxidation sites excluding steroid dienone is 2. The van der Waals surface area contributed by atoms with Crippen molar-refractivity contribution in [1.29, 1.82) is 0 Å². The second kappa shape index (κ2) is 7.13. The lowest BCUT2D eigenvalue weighted by molar-refractivity contribution is -0.117. The number of carbonyl (C=O) groups excluding carboxylic acids is 1. The normalized spacial score (nSPS) is 20.4. The van der Waals surface area contributed by atoms with Crippen molar-refractivity contribution in [2.24, 2.45) is 5.92 Å². The summed E-state index contributed by atoms with van der Waals surface area (Å²) in [4.78, 5) is 17.4. The van der Waals surface area contributed by atoms with E-state index in [0.717, 1.165) is 51.6 Å². The number of ether oxygens (including phenoxy) is 1. The topological polar surface area (TPSA) is 69.0 Å². The molecule has 1 aliphatic heterocycles. The van der Waals surface area contributed by atoms with E-state index >= 15 is 0 Å². The number of aromatic nitrogens is 3. The van der Waals surface area contributed by atoms with E-state index in [9.17, 15) is 4.79 Å². The minimum absolute atomic E-state index is 0.190. The molecule has 0 spiro atoms.